The molecule has 3 atom stereocenters. The molecular weight excluding hydrogens is 502 g/mol. The van der Waals surface area contributed by atoms with Gasteiger partial charge < -0.3 is 18.8 Å². The molecule has 0 bridgehead atoms. The summed E-state index contributed by atoms with van der Waals surface area (Å²) in [5.74, 6) is 0.625. The number of aliphatic hydroxyl groups is 1. The fourth-order valence-electron chi connectivity index (χ4n) is 6.72. The van der Waals surface area contributed by atoms with Crippen molar-refractivity contribution in [3.05, 3.63) is 79.9 Å². The van der Waals surface area contributed by atoms with Gasteiger partial charge >= 0.3 is 5.63 Å². The van der Waals surface area contributed by atoms with Gasteiger partial charge in [0.05, 0.1) is 23.6 Å². The summed E-state index contributed by atoms with van der Waals surface area (Å²) in [6.07, 6.45) is 4.10. The fourth-order valence-corrected chi connectivity index (χ4v) is 6.84. The standard InChI is InChI=1S/C31H32ClNO5/c1-17-19(3)37-26-16-27-23(14-22(17)26)18(2)24(30(35)38-27)15-28(34)33-13-12-31(36)11-5-4-6-25(31)29(33)20-7-9-21(32)10-8-20/h7-10,14,16,25,29,36H,4-6,11-13,15H2,1-3H3/t25-,29+,31+/m1/s1. The number of amides is 1. The second-order valence-corrected chi connectivity index (χ2v) is 11.5. The zero-order valence-corrected chi connectivity index (χ0v) is 22.7. The van der Waals surface area contributed by atoms with E-state index in [0.29, 0.717) is 34.7 Å². The summed E-state index contributed by atoms with van der Waals surface area (Å²) in [4.78, 5) is 28.9. The van der Waals surface area contributed by atoms with Crippen molar-refractivity contribution in [3.8, 4) is 0 Å². The van der Waals surface area contributed by atoms with Gasteiger partial charge in [0.15, 0.2) is 0 Å². The molecule has 2 aromatic heterocycles. The molecule has 1 N–H and O–H groups in total. The Balaban J connectivity index is 1.39. The van der Waals surface area contributed by atoms with E-state index < -0.39 is 11.2 Å². The molecule has 198 valence electrons. The van der Waals surface area contributed by atoms with Crippen molar-refractivity contribution >= 4 is 39.4 Å². The van der Waals surface area contributed by atoms with Crippen LogP contribution in [0.5, 0.6) is 0 Å². The summed E-state index contributed by atoms with van der Waals surface area (Å²) in [6, 6.07) is 11.0. The Morgan fingerprint density at radius 3 is 2.50 bits per heavy atom. The van der Waals surface area contributed by atoms with Crippen LogP contribution in [-0.2, 0) is 11.2 Å². The van der Waals surface area contributed by atoms with Crippen LogP contribution in [0.4, 0.5) is 0 Å². The number of likely N-dealkylation sites (tertiary alicyclic amines) is 1. The monoisotopic (exact) mass is 533 g/mol. The Hall–Kier alpha value is -3.09. The molecule has 38 heavy (non-hydrogen) atoms. The lowest BCUT2D eigenvalue weighted by Gasteiger charge is -2.52. The van der Waals surface area contributed by atoms with E-state index in [4.69, 9.17) is 20.4 Å². The topological polar surface area (TPSA) is 83.9 Å². The number of hydrogen-bond donors (Lipinski definition) is 1. The zero-order chi connectivity index (χ0) is 26.8. The third-order valence-corrected chi connectivity index (χ3v) is 9.26. The minimum absolute atomic E-state index is 0.0548. The van der Waals surface area contributed by atoms with Crippen molar-refractivity contribution in [3.63, 3.8) is 0 Å². The highest BCUT2D eigenvalue weighted by Gasteiger charge is 2.50. The highest BCUT2D eigenvalue weighted by atomic mass is 35.5. The Morgan fingerprint density at radius 1 is 1.03 bits per heavy atom. The molecule has 2 fully saturated rings. The van der Waals surface area contributed by atoms with E-state index in [2.05, 4.69) is 0 Å². The van der Waals surface area contributed by atoms with Crippen molar-refractivity contribution in [2.75, 3.05) is 6.54 Å². The predicted molar refractivity (Wildman–Crippen MR) is 148 cm³/mol. The fraction of sp³-hybridized carbons (Fsp3) is 0.419. The first-order valence-corrected chi connectivity index (χ1v) is 13.8. The maximum Gasteiger partial charge on any atom is 0.340 e. The van der Waals surface area contributed by atoms with Gasteiger partial charge in [-0.15, -0.1) is 0 Å². The van der Waals surface area contributed by atoms with Gasteiger partial charge in [-0.25, -0.2) is 4.79 Å². The molecule has 0 unspecified atom stereocenters. The van der Waals surface area contributed by atoms with E-state index >= 15 is 0 Å². The number of hydrogen-bond acceptors (Lipinski definition) is 5. The maximum absolute atomic E-state index is 13.9. The van der Waals surface area contributed by atoms with Crippen molar-refractivity contribution in [2.45, 2.75) is 70.9 Å². The van der Waals surface area contributed by atoms with Gasteiger partial charge in [0.1, 0.15) is 16.9 Å². The molecule has 6 nitrogen and oxygen atoms in total. The average molecular weight is 534 g/mol. The number of benzene rings is 2. The molecular formula is C31H32ClNO5. The van der Waals surface area contributed by atoms with Crippen molar-refractivity contribution < 1.29 is 18.7 Å². The number of furan rings is 1. The number of nitrogens with zero attached hydrogens (tertiary/aromatic N) is 1. The lowest BCUT2D eigenvalue weighted by atomic mass is 9.66. The first-order valence-electron chi connectivity index (χ1n) is 13.4. The van der Waals surface area contributed by atoms with Crippen LogP contribution in [0, 0.1) is 26.7 Å². The summed E-state index contributed by atoms with van der Waals surface area (Å²) in [7, 11) is 0. The third kappa shape index (κ3) is 4.05. The summed E-state index contributed by atoms with van der Waals surface area (Å²) in [5, 5.41) is 14.0. The number of halogens is 1. The summed E-state index contributed by atoms with van der Waals surface area (Å²) in [5.41, 5.74) is 2.97. The molecule has 3 heterocycles. The van der Waals surface area contributed by atoms with Gasteiger partial charge in [-0.1, -0.05) is 36.6 Å². The van der Waals surface area contributed by atoms with E-state index in [1.54, 1.807) is 6.07 Å². The lowest BCUT2D eigenvalue weighted by Crippen LogP contribution is -2.56. The molecule has 2 aromatic carbocycles. The lowest BCUT2D eigenvalue weighted by molar-refractivity contribution is -0.154. The van der Waals surface area contributed by atoms with E-state index in [1.807, 2.05) is 56.0 Å². The Bertz CT molecular complexity index is 1620. The van der Waals surface area contributed by atoms with Gasteiger partial charge in [-0.3, -0.25) is 4.79 Å². The quantitative estimate of drug-likeness (QED) is 0.302. The van der Waals surface area contributed by atoms with E-state index in [0.717, 1.165) is 58.9 Å². The van der Waals surface area contributed by atoms with E-state index in [1.165, 1.54) is 0 Å². The highest BCUT2D eigenvalue weighted by Crippen LogP contribution is 2.49. The van der Waals surface area contributed by atoms with Gasteiger partial charge in [0.25, 0.3) is 0 Å². The van der Waals surface area contributed by atoms with Gasteiger partial charge in [0, 0.05) is 34.3 Å². The average Bonchev–Trinajstić information content (AvgIpc) is 3.17. The van der Waals surface area contributed by atoms with Crippen LogP contribution < -0.4 is 5.63 Å². The Labute approximate surface area is 226 Å². The Morgan fingerprint density at radius 2 is 1.74 bits per heavy atom. The molecule has 1 aliphatic heterocycles. The molecule has 1 saturated carbocycles. The van der Waals surface area contributed by atoms with Crippen LogP contribution in [-0.4, -0.2) is 28.1 Å². The first-order chi connectivity index (χ1) is 18.2. The van der Waals surface area contributed by atoms with Crippen LogP contribution in [0.25, 0.3) is 21.9 Å². The van der Waals surface area contributed by atoms with E-state index in [-0.39, 0.29) is 24.3 Å². The number of rotatable bonds is 3. The minimum atomic E-state index is -0.789. The summed E-state index contributed by atoms with van der Waals surface area (Å²) >= 11 is 6.17. The number of piperidine rings is 1. The molecule has 1 aliphatic carbocycles. The highest BCUT2D eigenvalue weighted by molar-refractivity contribution is 6.30. The van der Waals surface area contributed by atoms with Gasteiger partial charge in [-0.2, -0.15) is 0 Å². The molecule has 6 rings (SSSR count). The van der Waals surface area contributed by atoms with Gasteiger partial charge in [-0.05, 0) is 74.9 Å². The smallest absolute Gasteiger partial charge is 0.340 e. The second-order valence-electron chi connectivity index (χ2n) is 11.1. The molecule has 1 amide bonds. The van der Waals surface area contributed by atoms with Crippen LogP contribution in [0.1, 0.15) is 66.2 Å². The van der Waals surface area contributed by atoms with Crippen molar-refractivity contribution in [2.24, 2.45) is 5.92 Å². The molecule has 1 saturated heterocycles. The molecule has 2 aliphatic rings. The second kappa shape index (κ2) is 9.28. The van der Waals surface area contributed by atoms with Crippen LogP contribution in [0.15, 0.2) is 50.0 Å². The summed E-state index contributed by atoms with van der Waals surface area (Å²) < 4.78 is 11.5. The SMILES string of the molecule is Cc1oc2cc3oc(=O)c(CC(=O)N4CC[C@@]5(O)CCCC[C@@H]5[C@@H]4c4ccc(Cl)cc4)c(C)c3cc2c1C. The van der Waals surface area contributed by atoms with Gasteiger partial charge in [0.2, 0.25) is 5.91 Å². The largest absolute Gasteiger partial charge is 0.461 e. The number of carbonyl (C=O) groups excluding carboxylic acids is 1. The van der Waals surface area contributed by atoms with Crippen LogP contribution >= 0.6 is 11.6 Å². The maximum atomic E-state index is 13.9. The number of fused-ring (bicyclic) bond motifs is 3. The molecule has 0 radical (unpaired) electrons. The molecule has 4 aromatic rings. The number of aryl methyl sites for hydroxylation is 3. The zero-order valence-electron chi connectivity index (χ0n) is 22.0. The first kappa shape index (κ1) is 25.2. The van der Waals surface area contributed by atoms with Crippen LogP contribution in [0.3, 0.4) is 0 Å². The summed E-state index contributed by atoms with van der Waals surface area (Å²) in [6.45, 7) is 6.23. The molecule has 7 heteroatoms. The number of carbonyl (C=O) groups is 1. The van der Waals surface area contributed by atoms with E-state index in [9.17, 15) is 14.7 Å². The Kier molecular flexibility index (Phi) is 6.15. The van der Waals surface area contributed by atoms with Crippen molar-refractivity contribution in [1.29, 1.82) is 0 Å². The predicted octanol–water partition coefficient (Wildman–Crippen LogP) is 6.56. The minimum Gasteiger partial charge on any atom is -0.461 e. The van der Waals surface area contributed by atoms with Crippen molar-refractivity contribution in [1.82, 2.24) is 4.90 Å². The van der Waals surface area contributed by atoms with Crippen LogP contribution in [0.2, 0.25) is 5.02 Å². The third-order valence-electron chi connectivity index (χ3n) is 9.01. The normalized spacial score (nSPS) is 23.7. The molecule has 0 spiro atoms.